The van der Waals surface area contributed by atoms with Crippen molar-refractivity contribution in [1.29, 1.82) is 0 Å². The molecular formula is C17H19N3O. The maximum absolute atomic E-state index is 12.7. The number of pyridine rings is 1. The fourth-order valence-corrected chi connectivity index (χ4v) is 2.38. The van der Waals surface area contributed by atoms with Crippen molar-refractivity contribution in [3.05, 3.63) is 59.4 Å². The molecule has 2 N–H and O–H groups in total. The number of nitrogen functional groups attached to an aromatic ring is 1. The summed E-state index contributed by atoms with van der Waals surface area (Å²) in [6, 6.07) is 9.79. The summed E-state index contributed by atoms with van der Waals surface area (Å²) in [6.07, 6.45) is 5.68. The van der Waals surface area contributed by atoms with E-state index < -0.39 is 0 Å². The molecule has 1 amide bonds. The van der Waals surface area contributed by atoms with E-state index in [0.29, 0.717) is 23.8 Å². The van der Waals surface area contributed by atoms with Gasteiger partial charge in [0.05, 0.1) is 0 Å². The minimum atomic E-state index is 0.0565. The summed E-state index contributed by atoms with van der Waals surface area (Å²) in [5.74, 6) is 0.0565. The molecule has 4 heteroatoms. The van der Waals surface area contributed by atoms with Crippen LogP contribution in [0.2, 0.25) is 0 Å². The monoisotopic (exact) mass is 281 g/mol. The highest BCUT2D eigenvalue weighted by atomic mass is 16.2. The van der Waals surface area contributed by atoms with Gasteiger partial charge in [0.2, 0.25) is 0 Å². The van der Waals surface area contributed by atoms with Crippen LogP contribution in [0.4, 0.5) is 5.69 Å². The molecule has 0 saturated heterocycles. The Labute approximate surface area is 124 Å². The van der Waals surface area contributed by atoms with E-state index in [9.17, 15) is 4.79 Å². The van der Waals surface area contributed by atoms with Crippen LogP contribution in [0, 0.1) is 6.92 Å². The van der Waals surface area contributed by atoms with Crippen molar-refractivity contribution in [2.45, 2.75) is 32.4 Å². The number of nitrogens with two attached hydrogens (primary N) is 1. The van der Waals surface area contributed by atoms with E-state index >= 15 is 0 Å². The fourth-order valence-electron chi connectivity index (χ4n) is 2.38. The topological polar surface area (TPSA) is 59.2 Å². The van der Waals surface area contributed by atoms with E-state index in [1.807, 2.05) is 36.1 Å². The van der Waals surface area contributed by atoms with Gasteiger partial charge in [-0.1, -0.05) is 6.07 Å². The molecule has 1 aliphatic rings. The Bertz CT molecular complexity index is 650. The standard InChI is InChI=1S/C17H19N3O/c1-12-2-3-14(10-16(12)18)17(21)20(15-4-5-15)11-13-6-8-19-9-7-13/h2-3,6-10,15H,4-5,11,18H2,1H3. The highest BCUT2D eigenvalue weighted by Crippen LogP contribution is 2.30. The van der Waals surface area contributed by atoms with Crippen LogP contribution >= 0.6 is 0 Å². The molecule has 0 spiro atoms. The molecule has 1 aromatic carbocycles. The minimum absolute atomic E-state index is 0.0565. The SMILES string of the molecule is Cc1ccc(C(=O)N(Cc2ccncc2)C2CC2)cc1N. The van der Waals surface area contributed by atoms with Crippen LogP contribution in [0.3, 0.4) is 0 Å². The van der Waals surface area contributed by atoms with Gasteiger partial charge in [-0.05, 0) is 55.2 Å². The average Bonchev–Trinajstić information content (AvgIpc) is 3.33. The molecule has 1 fully saturated rings. The van der Waals surface area contributed by atoms with Crippen molar-refractivity contribution in [3.8, 4) is 0 Å². The molecule has 0 radical (unpaired) electrons. The number of anilines is 1. The van der Waals surface area contributed by atoms with E-state index in [4.69, 9.17) is 5.73 Å². The number of aromatic nitrogens is 1. The van der Waals surface area contributed by atoms with Gasteiger partial charge < -0.3 is 10.6 Å². The summed E-state index contributed by atoms with van der Waals surface area (Å²) in [5, 5.41) is 0. The van der Waals surface area contributed by atoms with E-state index in [0.717, 1.165) is 24.0 Å². The smallest absolute Gasteiger partial charge is 0.254 e. The van der Waals surface area contributed by atoms with Crippen LogP contribution < -0.4 is 5.73 Å². The minimum Gasteiger partial charge on any atom is -0.398 e. The van der Waals surface area contributed by atoms with E-state index in [1.54, 1.807) is 18.5 Å². The molecule has 2 aromatic rings. The van der Waals surface area contributed by atoms with Crippen molar-refractivity contribution in [2.24, 2.45) is 0 Å². The molecule has 1 saturated carbocycles. The molecule has 1 aromatic heterocycles. The number of carbonyl (C=O) groups is 1. The van der Waals surface area contributed by atoms with Crippen molar-refractivity contribution in [3.63, 3.8) is 0 Å². The molecular weight excluding hydrogens is 262 g/mol. The Morgan fingerprint density at radius 2 is 2.00 bits per heavy atom. The van der Waals surface area contributed by atoms with Crippen LogP contribution in [-0.4, -0.2) is 21.8 Å². The number of aryl methyl sites for hydroxylation is 1. The van der Waals surface area contributed by atoms with E-state index in [1.165, 1.54) is 0 Å². The second-order valence-electron chi connectivity index (χ2n) is 5.59. The first kappa shape index (κ1) is 13.6. The Kier molecular flexibility index (Phi) is 3.60. The number of hydrogen-bond donors (Lipinski definition) is 1. The number of amides is 1. The Morgan fingerprint density at radius 1 is 1.29 bits per heavy atom. The van der Waals surface area contributed by atoms with E-state index in [-0.39, 0.29) is 5.91 Å². The number of carbonyl (C=O) groups excluding carboxylic acids is 1. The summed E-state index contributed by atoms with van der Waals surface area (Å²) in [7, 11) is 0. The fraction of sp³-hybridized carbons (Fsp3) is 0.294. The zero-order valence-electron chi connectivity index (χ0n) is 12.1. The highest BCUT2D eigenvalue weighted by molar-refractivity contribution is 5.95. The summed E-state index contributed by atoms with van der Waals surface area (Å²) in [6.45, 7) is 2.57. The van der Waals surface area contributed by atoms with Gasteiger partial charge in [-0.2, -0.15) is 0 Å². The van der Waals surface area contributed by atoms with Gasteiger partial charge in [-0.25, -0.2) is 0 Å². The lowest BCUT2D eigenvalue weighted by Crippen LogP contribution is -2.32. The molecule has 4 nitrogen and oxygen atoms in total. The molecule has 108 valence electrons. The second-order valence-corrected chi connectivity index (χ2v) is 5.59. The predicted octanol–water partition coefficient (Wildman–Crippen LogP) is 2.78. The van der Waals surface area contributed by atoms with Gasteiger partial charge in [0.15, 0.2) is 0 Å². The maximum atomic E-state index is 12.7. The third-order valence-electron chi connectivity index (χ3n) is 3.88. The van der Waals surface area contributed by atoms with Crippen LogP contribution in [0.25, 0.3) is 0 Å². The third kappa shape index (κ3) is 3.05. The number of hydrogen-bond acceptors (Lipinski definition) is 3. The number of rotatable bonds is 4. The molecule has 21 heavy (non-hydrogen) atoms. The lowest BCUT2D eigenvalue weighted by Gasteiger charge is -2.23. The van der Waals surface area contributed by atoms with Crippen LogP contribution in [0.5, 0.6) is 0 Å². The quantitative estimate of drug-likeness (QED) is 0.877. The maximum Gasteiger partial charge on any atom is 0.254 e. The van der Waals surface area contributed by atoms with Crippen LogP contribution in [0.15, 0.2) is 42.7 Å². The van der Waals surface area contributed by atoms with E-state index in [2.05, 4.69) is 4.98 Å². The predicted molar refractivity (Wildman–Crippen MR) is 82.7 cm³/mol. The lowest BCUT2D eigenvalue weighted by molar-refractivity contribution is 0.0730. The van der Waals surface area contributed by atoms with Crippen molar-refractivity contribution in [2.75, 3.05) is 5.73 Å². The average molecular weight is 281 g/mol. The Balaban J connectivity index is 1.83. The Morgan fingerprint density at radius 3 is 2.62 bits per heavy atom. The third-order valence-corrected chi connectivity index (χ3v) is 3.88. The molecule has 0 aliphatic heterocycles. The zero-order valence-corrected chi connectivity index (χ0v) is 12.1. The Hall–Kier alpha value is -2.36. The highest BCUT2D eigenvalue weighted by Gasteiger charge is 2.33. The molecule has 0 bridgehead atoms. The van der Waals surface area contributed by atoms with Gasteiger partial charge in [-0.15, -0.1) is 0 Å². The van der Waals surface area contributed by atoms with Gasteiger partial charge in [0.1, 0.15) is 0 Å². The summed E-state index contributed by atoms with van der Waals surface area (Å²) >= 11 is 0. The first-order valence-corrected chi connectivity index (χ1v) is 7.21. The van der Waals surface area contributed by atoms with Gasteiger partial charge in [-0.3, -0.25) is 9.78 Å². The number of nitrogens with zero attached hydrogens (tertiary/aromatic N) is 2. The van der Waals surface area contributed by atoms with Gasteiger partial charge in [0, 0.05) is 36.2 Å². The van der Waals surface area contributed by atoms with Crippen molar-refractivity contribution < 1.29 is 4.79 Å². The first-order valence-electron chi connectivity index (χ1n) is 7.21. The summed E-state index contributed by atoms with van der Waals surface area (Å²) < 4.78 is 0. The van der Waals surface area contributed by atoms with Crippen LogP contribution in [-0.2, 0) is 6.54 Å². The summed E-state index contributed by atoms with van der Waals surface area (Å²) in [4.78, 5) is 18.7. The molecule has 3 rings (SSSR count). The molecule has 1 heterocycles. The molecule has 0 atom stereocenters. The first-order chi connectivity index (χ1) is 10.1. The largest absolute Gasteiger partial charge is 0.398 e. The van der Waals surface area contributed by atoms with Crippen LogP contribution in [0.1, 0.15) is 34.3 Å². The van der Waals surface area contributed by atoms with Crippen molar-refractivity contribution in [1.82, 2.24) is 9.88 Å². The normalized spacial score (nSPS) is 14.0. The van der Waals surface area contributed by atoms with Gasteiger partial charge >= 0.3 is 0 Å². The summed E-state index contributed by atoms with van der Waals surface area (Å²) in [5.41, 5.74) is 9.36. The molecule has 1 aliphatic carbocycles. The number of benzene rings is 1. The second kappa shape index (κ2) is 5.56. The van der Waals surface area contributed by atoms with Gasteiger partial charge in [0.25, 0.3) is 5.91 Å². The van der Waals surface area contributed by atoms with Crippen molar-refractivity contribution >= 4 is 11.6 Å². The zero-order chi connectivity index (χ0) is 14.8. The lowest BCUT2D eigenvalue weighted by atomic mass is 10.1. The molecule has 0 unspecified atom stereocenters.